The summed E-state index contributed by atoms with van der Waals surface area (Å²) < 4.78 is 84.1. The predicted octanol–water partition coefficient (Wildman–Crippen LogP) is 6.39. The zero-order chi connectivity index (χ0) is 32.3. The zero-order valence-electron chi connectivity index (χ0n) is 23.3. The summed E-state index contributed by atoms with van der Waals surface area (Å²) in [6, 6.07) is 6.32. The van der Waals surface area contributed by atoms with Crippen LogP contribution in [0.2, 0.25) is 5.02 Å². The van der Waals surface area contributed by atoms with Gasteiger partial charge in [-0.2, -0.15) is 26.3 Å². The van der Waals surface area contributed by atoms with Crippen LogP contribution in [0.3, 0.4) is 0 Å². The Balaban J connectivity index is 1.46. The number of aliphatic hydroxyl groups is 1. The number of likely N-dealkylation sites (tertiary alicyclic amines) is 1. The highest BCUT2D eigenvalue weighted by atomic mass is 35.5. The third-order valence-corrected chi connectivity index (χ3v) is 8.12. The van der Waals surface area contributed by atoms with Crippen LogP contribution in [0.15, 0.2) is 42.6 Å². The molecule has 2 aromatic carbocycles. The second kappa shape index (κ2) is 13.2. The summed E-state index contributed by atoms with van der Waals surface area (Å²) in [5.74, 6) is 4.92. The quantitative estimate of drug-likeness (QED) is 0.120. The Morgan fingerprint density at radius 2 is 1.75 bits per heavy atom. The van der Waals surface area contributed by atoms with E-state index in [0.717, 1.165) is 0 Å². The van der Waals surface area contributed by atoms with Crippen molar-refractivity contribution in [2.24, 2.45) is 5.41 Å². The number of hydroxylamine groups is 1. The minimum Gasteiger partial charge on any atom is -0.497 e. The van der Waals surface area contributed by atoms with Gasteiger partial charge in [-0.1, -0.05) is 23.4 Å². The molecule has 1 atom stereocenters. The molecule has 1 aliphatic heterocycles. The van der Waals surface area contributed by atoms with Gasteiger partial charge in [-0.3, -0.25) is 19.9 Å². The SMILES string of the molecule is COc1ccc2ncc(Cl)c(C(O)CCC3(C(=O)NO)CCN(CC#Cc4cc(C(F)(F)F)cc(C(F)(F)F)c4)CC3)c2c1. The van der Waals surface area contributed by atoms with Gasteiger partial charge in [-0.15, -0.1) is 0 Å². The molecule has 44 heavy (non-hydrogen) atoms. The number of hydrogen-bond donors (Lipinski definition) is 3. The Morgan fingerprint density at radius 3 is 2.32 bits per heavy atom. The van der Waals surface area contributed by atoms with E-state index in [0.29, 0.717) is 47.4 Å². The fourth-order valence-electron chi connectivity index (χ4n) is 5.32. The standard InChI is InChI=1S/C30H28ClF6N3O4/c1-44-21-4-5-24-22(16-21)26(23(31)17-38-24)25(41)6-7-28(27(42)39-43)8-11-40(12-9-28)10-2-3-18-13-19(29(32,33)34)15-20(14-18)30(35,36)37/h4-5,13-17,25,41,43H,6-12H2,1H3,(H,39,42). The maximum absolute atomic E-state index is 13.1. The van der Waals surface area contributed by atoms with Crippen molar-refractivity contribution in [2.75, 3.05) is 26.7 Å². The number of aliphatic hydroxyl groups excluding tert-OH is 1. The van der Waals surface area contributed by atoms with Gasteiger partial charge in [0.2, 0.25) is 5.91 Å². The molecule has 1 aliphatic rings. The normalized spacial score (nSPS) is 16.2. The fourth-order valence-corrected chi connectivity index (χ4v) is 5.60. The number of piperidine rings is 1. The molecule has 2 heterocycles. The third kappa shape index (κ3) is 7.55. The summed E-state index contributed by atoms with van der Waals surface area (Å²) in [7, 11) is 1.50. The first kappa shape index (κ1) is 33.3. The van der Waals surface area contributed by atoms with Crippen LogP contribution in [0, 0.1) is 17.3 Å². The second-order valence-electron chi connectivity index (χ2n) is 10.6. The van der Waals surface area contributed by atoms with Crippen LogP contribution < -0.4 is 10.2 Å². The Bertz CT molecular complexity index is 1540. The van der Waals surface area contributed by atoms with E-state index in [1.807, 2.05) is 0 Å². The van der Waals surface area contributed by atoms with Gasteiger partial charge in [0, 0.05) is 35.8 Å². The zero-order valence-corrected chi connectivity index (χ0v) is 24.1. The number of hydrogen-bond acceptors (Lipinski definition) is 6. The molecule has 3 aromatic rings. The minimum absolute atomic E-state index is 0.0253. The topological polar surface area (TPSA) is 94.9 Å². The summed E-state index contributed by atoms with van der Waals surface area (Å²) in [4.78, 5) is 18.9. The Hall–Kier alpha value is -3.57. The van der Waals surface area contributed by atoms with Crippen LogP contribution in [0.25, 0.3) is 10.9 Å². The van der Waals surface area contributed by atoms with E-state index in [1.165, 1.54) is 13.3 Å². The molecular weight excluding hydrogens is 616 g/mol. The lowest BCUT2D eigenvalue weighted by atomic mass is 9.73. The van der Waals surface area contributed by atoms with Crippen LogP contribution in [0.4, 0.5) is 26.3 Å². The molecule has 1 unspecified atom stereocenters. The summed E-state index contributed by atoms with van der Waals surface area (Å²) in [6.07, 6.45) is -8.83. The van der Waals surface area contributed by atoms with Crippen molar-refractivity contribution in [1.29, 1.82) is 0 Å². The van der Waals surface area contributed by atoms with Crippen LogP contribution in [0.1, 0.15) is 54.0 Å². The minimum atomic E-state index is -4.97. The molecule has 1 saturated heterocycles. The largest absolute Gasteiger partial charge is 0.497 e. The summed E-state index contributed by atoms with van der Waals surface area (Å²) in [5.41, 5.74) is -1.67. The molecule has 4 rings (SSSR count). The second-order valence-corrected chi connectivity index (χ2v) is 11.0. The highest BCUT2D eigenvalue weighted by Gasteiger charge is 2.41. The number of benzene rings is 2. The molecular formula is C30H28ClF6N3O4. The molecule has 236 valence electrons. The number of carbonyl (C=O) groups excluding carboxylic acids is 1. The molecule has 7 nitrogen and oxygen atoms in total. The van der Waals surface area contributed by atoms with E-state index >= 15 is 0 Å². The maximum Gasteiger partial charge on any atom is 0.416 e. The molecule has 0 bridgehead atoms. The van der Waals surface area contributed by atoms with E-state index < -0.39 is 46.5 Å². The van der Waals surface area contributed by atoms with Crippen LogP contribution in [-0.4, -0.2) is 52.8 Å². The molecule has 1 amide bonds. The molecule has 0 saturated carbocycles. The Labute approximate surface area is 253 Å². The van der Waals surface area contributed by atoms with Gasteiger partial charge in [-0.25, -0.2) is 5.48 Å². The number of methoxy groups -OCH3 is 1. The lowest BCUT2D eigenvalue weighted by Crippen LogP contribution is -2.48. The molecule has 0 spiro atoms. The number of alkyl halides is 6. The van der Waals surface area contributed by atoms with Crippen LogP contribution in [-0.2, 0) is 17.1 Å². The Morgan fingerprint density at radius 1 is 1.11 bits per heavy atom. The van der Waals surface area contributed by atoms with Crippen molar-refractivity contribution in [1.82, 2.24) is 15.4 Å². The number of carbonyl (C=O) groups is 1. The number of pyridine rings is 1. The average Bonchev–Trinajstić information content (AvgIpc) is 2.98. The van der Waals surface area contributed by atoms with Crippen molar-refractivity contribution < 1.29 is 46.2 Å². The van der Waals surface area contributed by atoms with Crippen molar-refractivity contribution in [3.05, 3.63) is 69.9 Å². The monoisotopic (exact) mass is 643 g/mol. The van der Waals surface area contributed by atoms with E-state index in [9.17, 15) is 41.5 Å². The first-order chi connectivity index (χ1) is 20.7. The number of fused-ring (bicyclic) bond motifs is 1. The number of nitrogens with one attached hydrogen (secondary N) is 1. The van der Waals surface area contributed by atoms with E-state index in [4.69, 9.17) is 16.3 Å². The summed E-state index contributed by atoms with van der Waals surface area (Å²) >= 11 is 6.40. The number of aromatic nitrogens is 1. The molecule has 1 fully saturated rings. The van der Waals surface area contributed by atoms with Gasteiger partial charge in [0.05, 0.1) is 46.8 Å². The molecule has 3 N–H and O–H groups in total. The predicted molar refractivity (Wildman–Crippen MR) is 149 cm³/mol. The van der Waals surface area contributed by atoms with Gasteiger partial charge in [0.1, 0.15) is 5.75 Å². The smallest absolute Gasteiger partial charge is 0.416 e. The van der Waals surface area contributed by atoms with Crippen LogP contribution >= 0.6 is 11.6 Å². The average molecular weight is 644 g/mol. The lowest BCUT2D eigenvalue weighted by Gasteiger charge is -2.40. The van der Waals surface area contributed by atoms with Crippen LogP contribution in [0.5, 0.6) is 5.75 Å². The maximum atomic E-state index is 13.1. The first-order valence-corrected chi connectivity index (χ1v) is 13.8. The number of amides is 1. The number of rotatable bonds is 7. The van der Waals surface area contributed by atoms with Crippen molar-refractivity contribution in [3.8, 4) is 17.6 Å². The van der Waals surface area contributed by atoms with Gasteiger partial charge in [0.15, 0.2) is 0 Å². The van der Waals surface area contributed by atoms with Gasteiger partial charge >= 0.3 is 12.4 Å². The highest BCUT2D eigenvalue weighted by Crippen LogP contribution is 2.41. The first-order valence-electron chi connectivity index (χ1n) is 13.4. The van der Waals surface area contributed by atoms with Gasteiger partial charge in [-0.05, 0) is 62.1 Å². The van der Waals surface area contributed by atoms with E-state index in [2.05, 4.69) is 16.8 Å². The van der Waals surface area contributed by atoms with Gasteiger partial charge < -0.3 is 9.84 Å². The van der Waals surface area contributed by atoms with E-state index in [1.54, 1.807) is 28.6 Å². The fraction of sp³-hybridized carbons (Fsp3) is 0.400. The summed E-state index contributed by atoms with van der Waals surface area (Å²) in [6.45, 7) is 0.618. The van der Waals surface area contributed by atoms with E-state index in [-0.39, 0.29) is 43.3 Å². The van der Waals surface area contributed by atoms with Gasteiger partial charge in [0.25, 0.3) is 0 Å². The number of halogens is 7. The lowest BCUT2D eigenvalue weighted by molar-refractivity contribution is -0.144. The molecule has 0 aliphatic carbocycles. The molecule has 1 aromatic heterocycles. The molecule has 0 radical (unpaired) electrons. The third-order valence-electron chi connectivity index (χ3n) is 7.82. The highest BCUT2D eigenvalue weighted by molar-refractivity contribution is 6.32. The Kier molecular flexibility index (Phi) is 9.99. The summed E-state index contributed by atoms with van der Waals surface area (Å²) in [5, 5.41) is 21.4. The van der Waals surface area contributed by atoms with Crippen molar-refractivity contribution in [3.63, 3.8) is 0 Å². The molecule has 14 heteroatoms. The number of ether oxygens (including phenoxy) is 1. The van der Waals surface area contributed by atoms with Crippen molar-refractivity contribution >= 4 is 28.4 Å². The van der Waals surface area contributed by atoms with Crippen molar-refractivity contribution in [2.45, 2.75) is 44.1 Å². The number of nitrogens with zero attached hydrogens (tertiary/aromatic N) is 2.